The van der Waals surface area contributed by atoms with E-state index < -0.39 is 10.5 Å². The maximum Gasteiger partial charge on any atom is 0.295 e. The van der Waals surface area contributed by atoms with Gasteiger partial charge in [0.2, 0.25) is 0 Å². The first kappa shape index (κ1) is 13.4. The molecule has 0 radical (unpaired) electrons. The van der Waals surface area contributed by atoms with Crippen LogP contribution in [0, 0.1) is 10.1 Å². The Bertz CT molecular complexity index is 803. The molecule has 0 atom stereocenters. The molecule has 6 nitrogen and oxygen atoms in total. The molecule has 0 fully saturated rings. The number of hydrogen-bond donors (Lipinski definition) is 0. The molecular formula is C14H11N3O3. The average molecular weight is 269 g/mol. The monoisotopic (exact) mass is 269 g/mol. The minimum Gasteiger partial charge on any atom is -0.268 e. The van der Waals surface area contributed by atoms with Gasteiger partial charge < -0.3 is 0 Å². The van der Waals surface area contributed by atoms with Crippen LogP contribution in [0.1, 0.15) is 0 Å². The first-order valence-corrected chi connectivity index (χ1v) is 5.70. The number of non-ortho nitro benzene ring substituents is 1. The van der Waals surface area contributed by atoms with Gasteiger partial charge in [0.1, 0.15) is 6.33 Å². The van der Waals surface area contributed by atoms with Crippen LogP contribution >= 0.6 is 0 Å². The molecule has 0 spiro atoms. The Morgan fingerprint density at radius 2 is 2.15 bits per heavy atom. The van der Waals surface area contributed by atoms with Crippen LogP contribution in [-0.4, -0.2) is 14.5 Å². The van der Waals surface area contributed by atoms with Gasteiger partial charge in [-0.2, -0.15) is 0 Å². The lowest BCUT2D eigenvalue weighted by atomic mass is 10.2. The van der Waals surface area contributed by atoms with Gasteiger partial charge in [-0.1, -0.05) is 25.3 Å². The third-order valence-electron chi connectivity index (χ3n) is 2.74. The SMILES string of the molecule is C=C/C=C(\C=C)n1cnc2c([N+](=O)[O-])cccc2c1=O. The number of allylic oxidation sites excluding steroid dienone is 4. The number of rotatable bonds is 4. The Kier molecular flexibility index (Phi) is 3.56. The largest absolute Gasteiger partial charge is 0.295 e. The zero-order valence-corrected chi connectivity index (χ0v) is 10.5. The van der Waals surface area contributed by atoms with Crippen molar-refractivity contribution in [3.8, 4) is 0 Å². The van der Waals surface area contributed by atoms with E-state index in [0.29, 0.717) is 5.70 Å². The smallest absolute Gasteiger partial charge is 0.268 e. The van der Waals surface area contributed by atoms with Crippen molar-refractivity contribution in [1.82, 2.24) is 9.55 Å². The van der Waals surface area contributed by atoms with Crippen molar-refractivity contribution in [3.05, 3.63) is 76.4 Å². The standard InChI is InChI=1S/C14H11N3O3/c1-3-6-10(4-2)16-9-15-13-11(14(16)18)7-5-8-12(13)17(19)20/h3-9H,1-2H2/b10-6+. The Labute approximate surface area is 114 Å². The molecule has 0 aliphatic heterocycles. The molecule has 0 bridgehead atoms. The number of para-hydroxylation sites is 1. The molecule has 0 unspecified atom stereocenters. The number of fused-ring (bicyclic) bond motifs is 1. The molecule has 1 aromatic heterocycles. The van der Waals surface area contributed by atoms with Gasteiger partial charge in [-0.25, -0.2) is 4.98 Å². The molecule has 0 aliphatic rings. The van der Waals surface area contributed by atoms with Gasteiger partial charge in [-0.05, 0) is 18.2 Å². The highest BCUT2D eigenvalue weighted by Crippen LogP contribution is 2.20. The molecular weight excluding hydrogens is 258 g/mol. The second-order valence-electron chi connectivity index (χ2n) is 3.88. The molecule has 0 amide bonds. The van der Waals surface area contributed by atoms with Crippen molar-refractivity contribution in [2.75, 3.05) is 0 Å². The molecule has 1 heterocycles. The normalized spacial score (nSPS) is 11.3. The maximum atomic E-state index is 12.4. The number of aromatic nitrogens is 2. The lowest BCUT2D eigenvalue weighted by Gasteiger charge is -2.06. The topological polar surface area (TPSA) is 78.0 Å². The van der Waals surface area contributed by atoms with Crippen molar-refractivity contribution in [2.45, 2.75) is 0 Å². The summed E-state index contributed by atoms with van der Waals surface area (Å²) in [4.78, 5) is 26.7. The summed E-state index contributed by atoms with van der Waals surface area (Å²) in [5, 5.41) is 11.1. The third kappa shape index (κ3) is 2.14. The van der Waals surface area contributed by atoms with E-state index in [1.54, 1.807) is 6.08 Å². The number of nitrogens with zero attached hydrogens (tertiary/aromatic N) is 3. The quantitative estimate of drug-likeness (QED) is 0.485. The van der Waals surface area contributed by atoms with Crippen LogP contribution in [0.4, 0.5) is 5.69 Å². The Hall–Kier alpha value is -3.02. The maximum absolute atomic E-state index is 12.4. The van der Waals surface area contributed by atoms with E-state index >= 15 is 0 Å². The van der Waals surface area contributed by atoms with Crippen LogP contribution in [0.25, 0.3) is 16.6 Å². The summed E-state index contributed by atoms with van der Waals surface area (Å²) in [6.07, 6.45) is 5.84. The minimum atomic E-state index is -0.562. The second kappa shape index (κ2) is 5.31. The lowest BCUT2D eigenvalue weighted by molar-refractivity contribution is -0.383. The number of nitro benzene ring substituents is 1. The van der Waals surface area contributed by atoms with Crippen molar-refractivity contribution in [3.63, 3.8) is 0 Å². The van der Waals surface area contributed by atoms with Gasteiger partial charge in [-0.3, -0.25) is 19.5 Å². The lowest BCUT2D eigenvalue weighted by Crippen LogP contribution is -2.19. The molecule has 0 aliphatic carbocycles. The van der Waals surface area contributed by atoms with E-state index in [-0.39, 0.29) is 16.6 Å². The first-order valence-electron chi connectivity index (χ1n) is 5.70. The van der Waals surface area contributed by atoms with Crippen LogP contribution in [0.2, 0.25) is 0 Å². The van der Waals surface area contributed by atoms with Gasteiger partial charge in [0.25, 0.3) is 11.2 Å². The van der Waals surface area contributed by atoms with Gasteiger partial charge in [-0.15, -0.1) is 0 Å². The summed E-state index contributed by atoms with van der Waals surface area (Å²) in [6, 6.07) is 4.27. The van der Waals surface area contributed by atoms with Crippen molar-refractivity contribution < 1.29 is 4.92 Å². The number of nitro groups is 1. The summed E-state index contributed by atoms with van der Waals surface area (Å²) in [7, 11) is 0. The molecule has 2 aromatic rings. The molecule has 6 heteroatoms. The van der Waals surface area contributed by atoms with Gasteiger partial charge >= 0.3 is 0 Å². The summed E-state index contributed by atoms with van der Waals surface area (Å²) < 4.78 is 1.26. The van der Waals surface area contributed by atoms with Crippen molar-refractivity contribution in [1.29, 1.82) is 0 Å². The highest BCUT2D eigenvalue weighted by atomic mass is 16.6. The Morgan fingerprint density at radius 1 is 1.40 bits per heavy atom. The Balaban J connectivity index is 2.82. The summed E-state index contributed by atoms with van der Waals surface area (Å²) in [6.45, 7) is 7.17. The number of hydrogen-bond acceptors (Lipinski definition) is 4. The predicted octanol–water partition coefficient (Wildman–Crippen LogP) is 2.52. The predicted molar refractivity (Wildman–Crippen MR) is 77.3 cm³/mol. The average Bonchev–Trinajstić information content (AvgIpc) is 2.45. The molecule has 20 heavy (non-hydrogen) atoms. The van der Waals surface area contributed by atoms with Crippen LogP contribution in [-0.2, 0) is 0 Å². The molecule has 0 N–H and O–H groups in total. The first-order chi connectivity index (χ1) is 9.60. The van der Waals surface area contributed by atoms with E-state index in [9.17, 15) is 14.9 Å². The number of benzene rings is 1. The van der Waals surface area contributed by atoms with Crippen LogP contribution in [0.3, 0.4) is 0 Å². The summed E-state index contributed by atoms with van der Waals surface area (Å²) in [5.41, 5.74) is -0.0297. The fourth-order valence-electron chi connectivity index (χ4n) is 1.84. The van der Waals surface area contributed by atoms with Crippen LogP contribution < -0.4 is 5.56 Å². The fraction of sp³-hybridized carbons (Fsp3) is 0. The zero-order chi connectivity index (χ0) is 14.7. The van der Waals surface area contributed by atoms with Crippen LogP contribution in [0.15, 0.2) is 60.7 Å². The molecule has 1 aromatic carbocycles. The van der Waals surface area contributed by atoms with E-state index in [0.717, 1.165) is 0 Å². The van der Waals surface area contributed by atoms with Crippen molar-refractivity contribution >= 4 is 22.3 Å². The molecule has 0 saturated carbocycles. The van der Waals surface area contributed by atoms with E-state index in [1.807, 2.05) is 0 Å². The second-order valence-corrected chi connectivity index (χ2v) is 3.88. The molecule has 0 saturated heterocycles. The highest BCUT2D eigenvalue weighted by molar-refractivity contribution is 5.86. The minimum absolute atomic E-state index is 0.0702. The van der Waals surface area contributed by atoms with Gasteiger partial charge in [0.05, 0.1) is 10.3 Å². The molecule has 2 rings (SSSR count). The summed E-state index contributed by atoms with van der Waals surface area (Å²) >= 11 is 0. The zero-order valence-electron chi connectivity index (χ0n) is 10.5. The third-order valence-corrected chi connectivity index (χ3v) is 2.74. The van der Waals surface area contributed by atoms with Crippen LogP contribution in [0.5, 0.6) is 0 Å². The Morgan fingerprint density at radius 3 is 2.75 bits per heavy atom. The van der Waals surface area contributed by atoms with E-state index in [1.165, 1.54) is 41.2 Å². The van der Waals surface area contributed by atoms with Gasteiger partial charge in [0, 0.05) is 11.8 Å². The van der Waals surface area contributed by atoms with Crippen molar-refractivity contribution in [2.24, 2.45) is 0 Å². The van der Waals surface area contributed by atoms with E-state index in [4.69, 9.17) is 0 Å². The van der Waals surface area contributed by atoms with Gasteiger partial charge in [0.15, 0.2) is 5.52 Å². The fourth-order valence-corrected chi connectivity index (χ4v) is 1.84. The molecule has 100 valence electrons. The summed E-state index contributed by atoms with van der Waals surface area (Å²) in [5.74, 6) is 0. The van der Waals surface area contributed by atoms with E-state index in [2.05, 4.69) is 18.1 Å². The highest BCUT2D eigenvalue weighted by Gasteiger charge is 2.15.